The second kappa shape index (κ2) is 15.3. The smallest absolute Gasteiger partial charge is 1.00 e. The number of halogens is 3. The van der Waals surface area contributed by atoms with Gasteiger partial charge in [0.05, 0.1) is 0 Å². The third kappa shape index (κ3) is 12.4. The number of nitrogens with one attached hydrogen (secondary N) is 2. The standard InChI is InChI=1S/2C4H7NO.3ClH.Fe/c2*6-4-2-1-3-5-4;;;;/h2*1-3H2,(H,5,6);3*1H;/q;;;;;+3/p-3. The molecule has 0 atom stereocenters. The Hall–Kier alpha value is 0.329. The van der Waals surface area contributed by atoms with Crippen LogP contribution in [0.3, 0.4) is 0 Å². The molecule has 0 aromatic carbocycles. The predicted octanol–water partition coefficient (Wildman–Crippen LogP) is -9.20. The molecule has 2 heterocycles. The van der Waals surface area contributed by atoms with E-state index < -0.39 is 0 Å². The van der Waals surface area contributed by atoms with Crippen LogP contribution in [0.15, 0.2) is 0 Å². The summed E-state index contributed by atoms with van der Waals surface area (Å²) in [5, 5.41) is 5.36. The molecule has 97 valence electrons. The molecule has 2 rings (SSSR count). The van der Waals surface area contributed by atoms with E-state index in [-0.39, 0.29) is 66.1 Å². The number of hydrogen-bond donors (Lipinski definition) is 2. The zero-order chi connectivity index (χ0) is 8.81. The Labute approximate surface area is 125 Å². The van der Waals surface area contributed by atoms with Gasteiger partial charge in [-0.2, -0.15) is 0 Å². The Morgan fingerprint density at radius 3 is 1.12 bits per heavy atom. The molecule has 1 radical (unpaired) electrons. The average molecular weight is 332 g/mol. The molecule has 0 aliphatic carbocycles. The van der Waals surface area contributed by atoms with Gasteiger partial charge in [-0.1, -0.05) is 0 Å². The SMILES string of the molecule is O=C1CCCN1.O=C1CCCN1.[Cl-].[Cl-].[Cl-].[Fe+3]. The van der Waals surface area contributed by atoms with Crippen molar-refractivity contribution in [1.82, 2.24) is 10.6 Å². The van der Waals surface area contributed by atoms with Crippen LogP contribution in [-0.4, -0.2) is 24.9 Å². The molecule has 0 aromatic rings. The maximum atomic E-state index is 10.1. The molecule has 0 aromatic heterocycles. The van der Waals surface area contributed by atoms with Crippen molar-refractivity contribution in [2.24, 2.45) is 0 Å². The fourth-order valence-corrected chi connectivity index (χ4v) is 1.13. The van der Waals surface area contributed by atoms with E-state index in [2.05, 4.69) is 10.6 Å². The largest absolute Gasteiger partial charge is 3.00 e. The molecule has 0 unspecified atom stereocenters. The normalized spacial score (nSPS) is 15.8. The summed E-state index contributed by atoms with van der Waals surface area (Å²) >= 11 is 0. The molecule has 2 N–H and O–H groups in total. The van der Waals surface area contributed by atoms with E-state index in [0.29, 0.717) is 0 Å². The fraction of sp³-hybridized carbons (Fsp3) is 0.750. The molecule has 2 aliphatic heterocycles. The van der Waals surface area contributed by atoms with Gasteiger partial charge < -0.3 is 47.9 Å². The van der Waals surface area contributed by atoms with Crippen LogP contribution in [0.2, 0.25) is 0 Å². The first-order valence-corrected chi connectivity index (χ1v) is 4.32. The molecule has 2 saturated heterocycles. The van der Waals surface area contributed by atoms with E-state index in [9.17, 15) is 9.59 Å². The van der Waals surface area contributed by atoms with E-state index in [1.165, 1.54) is 0 Å². The summed E-state index contributed by atoms with van der Waals surface area (Å²) in [4.78, 5) is 20.3. The topological polar surface area (TPSA) is 58.2 Å². The zero-order valence-electron chi connectivity index (χ0n) is 8.55. The summed E-state index contributed by atoms with van der Waals surface area (Å²) < 4.78 is 0. The van der Waals surface area contributed by atoms with Gasteiger partial charge in [-0.3, -0.25) is 9.59 Å². The number of hydrogen-bond acceptors (Lipinski definition) is 2. The first-order valence-electron chi connectivity index (χ1n) is 4.32. The summed E-state index contributed by atoms with van der Waals surface area (Å²) in [5.41, 5.74) is 0. The van der Waals surface area contributed by atoms with Crippen LogP contribution in [0.25, 0.3) is 0 Å². The molecule has 0 spiro atoms. The Morgan fingerprint density at radius 1 is 0.750 bits per heavy atom. The van der Waals surface area contributed by atoms with Crippen LogP contribution in [-0.2, 0) is 26.7 Å². The van der Waals surface area contributed by atoms with Gasteiger partial charge in [0.15, 0.2) is 0 Å². The van der Waals surface area contributed by atoms with Crippen LogP contribution in [0, 0.1) is 0 Å². The van der Waals surface area contributed by atoms with Crippen molar-refractivity contribution >= 4 is 11.8 Å². The Balaban J connectivity index is -0.0000000720. The van der Waals surface area contributed by atoms with Gasteiger partial charge in [0.1, 0.15) is 0 Å². The number of rotatable bonds is 0. The van der Waals surface area contributed by atoms with Crippen LogP contribution < -0.4 is 47.9 Å². The van der Waals surface area contributed by atoms with Crippen molar-refractivity contribution in [3.63, 3.8) is 0 Å². The third-order valence-electron chi connectivity index (χ3n) is 1.81. The molecule has 16 heavy (non-hydrogen) atoms. The maximum Gasteiger partial charge on any atom is 3.00 e. The molecular formula is C8H14Cl3FeN2O2. The average Bonchev–Trinajstić information content (AvgIpc) is 2.63. The first-order chi connectivity index (χ1) is 5.79. The number of carbonyl (C=O) groups excluding carboxylic acids is 2. The zero-order valence-corrected chi connectivity index (χ0v) is 11.9. The number of amides is 2. The molecular weight excluding hydrogens is 318 g/mol. The quantitative estimate of drug-likeness (QED) is 0.433. The fourth-order valence-electron chi connectivity index (χ4n) is 1.13. The third-order valence-corrected chi connectivity index (χ3v) is 1.81. The van der Waals surface area contributed by atoms with Crippen LogP contribution >= 0.6 is 0 Å². The van der Waals surface area contributed by atoms with E-state index in [4.69, 9.17) is 0 Å². The summed E-state index contributed by atoms with van der Waals surface area (Å²) in [7, 11) is 0. The van der Waals surface area contributed by atoms with Gasteiger partial charge in [0.2, 0.25) is 11.8 Å². The molecule has 2 fully saturated rings. The Bertz CT molecular complexity index is 160. The minimum Gasteiger partial charge on any atom is -1.00 e. The van der Waals surface area contributed by atoms with Gasteiger partial charge in [0.25, 0.3) is 0 Å². The van der Waals surface area contributed by atoms with Crippen LogP contribution in [0.1, 0.15) is 25.7 Å². The Kier molecular flexibility index (Phi) is 24.2. The summed E-state index contributed by atoms with van der Waals surface area (Å²) in [6, 6.07) is 0. The van der Waals surface area contributed by atoms with Crippen molar-refractivity contribution in [3.8, 4) is 0 Å². The van der Waals surface area contributed by atoms with Gasteiger partial charge in [0, 0.05) is 25.9 Å². The van der Waals surface area contributed by atoms with Crippen LogP contribution in [0.5, 0.6) is 0 Å². The van der Waals surface area contributed by atoms with Crippen molar-refractivity contribution in [2.45, 2.75) is 25.7 Å². The van der Waals surface area contributed by atoms with E-state index >= 15 is 0 Å². The number of carbonyl (C=O) groups is 2. The van der Waals surface area contributed by atoms with Gasteiger partial charge in [-0.25, -0.2) is 0 Å². The van der Waals surface area contributed by atoms with Crippen molar-refractivity contribution in [1.29, 1.82) is 0 Å². The summed E-state index contributed by atoms with van der Waals surface area (Å²) in [6.45, 7) is 1.78. The van der Waals surface area contributed by atoms with Crippen molar-refractivity contribution in [3.05, 3.63) is 0 Å². The van der Waals surface area contributed by atoms with E-state index in [0.717, 1.165) is 38.8 Å². The Morgan fingerprint density at radius 2 is 1.06 bits per heavy atom. The second-order valence-corrected chi connectivity index (χ2v) is 2.91. The van der Waals surface area contributed by atoms with Gasteiger partial charge in [-0.05, 0) is 12.8 Å². The monoisotopic (exact) mass is 331 g/mol. The summed E-state index contributed by atoms with van der Waals surface area (Å²) in [5.74, 6) is 0.407. The molecule has 0 bridgehead atoms. The van der Waals surface area contributed by atoms with Crippen molar-refractivity contribution < 1.29 is 63.9 Å². The molecule has 4 nitrogen and oxygen atoms in total. The van der Waals surface area contributed by atoms with E-state index in [1.54, 1.807) is 0 Å². The maximum absolute atomic E-state index is 10.1. The first kappa shape index (κ1) is 25.2. The van der Waals surface area contributed by atoms with E-state index in [1.807, 2.05) is 0 Å². The molecule has 0 saturated carbocycles. The van der Waals surface area contributed by atoms with Gasteiger partial charge in [-0.15, -0.1) is 0 Å². The second-order valence-electron chi connectivity index (χ2n) is 2.91. The summed E-state index contributed by atoms with van der Waals surface area (Å²) in [6.07, 6.45) is 3.53. The minimum atomic E-state index is 0. The molecule has 2 amide bonds. The predicted molar refractivity (Wildman–Crippen MR) is 44.5 cm³/mol. The molecule has 2 aliphatic rings. The van der Waals surface area contributed by atoms with Gasteiger partial charge >= 0.3 is 17.1 Å². The van der Waals surface area contributed by atoms with Crippen molar-refractivity contribution in [2.75, 3.05) is 13.1 Å². The van der Waals surface area contributed by atoms with Crippen LogP contribution in [0.4, 0.5) is 0 Å². The minimum absolute atomic E-state index is 0. The molecule has 8 heteroatoms.